The lowest BCUT2D eigenvalue weighted by atomic mass is 10.1. The maximum atomic E-state index is 13.2. The SMILES string of the molecule is CCc1nc2cc(F)c(F)cc2c(NC)c1C. The van der Waals surface area contributed by atoms with Crippen molar-refractivity contribution in [3.05, 3.63) is 35.0 Å². The second kappa shape index (κ2) is 4.28. The Morgan fingerprint density at radius 1 is 1.24 bits per heavy atom. The monoisotopic (exact) mass is 236 g/mol. The highest BCUT2D eigenvalue weighted by atomic mass is 19.2. The molecular formula is C13H14F2N2. The Balaban J connectivity index is 2.88. The molecule has 1 heterocycles. The maximum Gasteiger partial charge on any atom is 0.161 e. The van der Waals surface area contributed by atoms with E-state index in [1.807, 2.05) is 13.8 Å². The molecule has 17 heavy (non-hydrogen) atoms. The van der Waals surface area contributed by atoms with E-state index < -0.39 is 11.6 Å². The number of halogens is 2. The molecule has 2 aromatic rings. The predicted molar refractivity (Wildman–Crippen MR) is 65.3 cm³/mol. The highest BCUT2D eigenvalue weighted by Gasteiger charge is 2.13. The van der Waals surface area contributed by atoms with Gasteiger partial charge in [0.2, 0.25) is 0 Å². The lowest BCUT2D eigenvalue weighted by Gasteiger charge is -2.13. The van der Waals surface area contributed by atoms with Crippen LogP contribution in [0.3, 0.4) is 0 Å². The highest BCUT2D eigenvalue weighted by Crippen LogP contribution is 2.29. The number of pyridine rings is 1. The first-order valence-corrected chi connectivity index (χ1v) is 5.54. The van der Waals surface area contributed by atoms with Gasteiger partial charge in [0.1, 0.15) is 0 Å². The van der Waals surface area contributed by atoms with Crippen molar-refractivity contribution < 1.29 is 8.78 Å². The topological polar surface area (TPSA) is 24.9 Å². The molecule has 1 aromatic heterocycles. The van der Waals surface area contributed by atoms with Crippen molar-refractivity contribution in [3.63, 3.8) is 0 Å². The van der Waals surface area contributed by atoms with E-state index in [1.165, 1.54) is 6.07 Å². The molecular weight excluding hydrogens is 222 g/mol. The number of aromatic nitrogens is 1. The summed E-state index contributed by atoms with van der Waals surface area (Å²) in [4.78, 5) is 4.36. The van der Waals surface area contributed by atoms with Crippen LogP contribution in [0.5, 0.6) is 0 Å². The van der Waals surface area contributed by atoms with Crippen molar-refractivity contribution in [2.75, 3.05) is 12.4 Å². The minimum atomic E-state index is -0.863. The molecule has 1 N–H and O–H groups in total. The number of rotatable bonds is 2. The van der Waals surface area contributed by atoms with Crippen LogP contribution in [0.4, 0.5) is 14.5 Å². The highest BCUT2D eigenvalue weighted by molar-refractivity contribution is 5.93. The van der Waals surface area contributed by atoms with Crippen molar-refractivity contribution >= 4 is 16.6 Å². The van der Waals surface area contributed by atoms with Crippen molar-refractivity contribution in [2.24, 2.45) is 0 Å². The van der Waals surface area contributed by atoms with E-state index in [0.717, 1.165) is 29.4 Å². The third-order valence-corrected chi connectivity index (χ3v) is 2.96. The van der Waals surface area contributed by atoms with Crippen LogP contribution in [0.15, 0.2) is 12.1 Å². The number of aryl methyl sites for hydroxylation is 1. The van der Waals surface area contributed by atoms with Crippen LogP contribution in [0, 0.1) is 18.6 Å². The van der Waals surface area contributed by atoms with Gasteiger partial charge in [0.15, 0.2) is 11.6 Å². The van der Waals surface area contributed by atoms with Crippen LogP contribution < -0.4 is 5.32 Å². The Morgan fingerprint density at radius 3 is 2.47 bits per heavy atom. The van der Waals surface area contributed by atoms with Crippen molar-refractivity contribution in [3.8, 4) is 0 Å². The summed E-state index contributed by atoms with van der Waals surface area (Å²) in [5.74, 6) is -1.71. The van der Waals surface area contributed by atoms with E-state index in [2.05, 4.69) is 10.3 Å². The zero-order valence-electron chi connectivity index (χ0n) is 10.1. The summed E-state index contributed by atoms with van der Waals surface area (Å²) in [5, 5.41) is 3.64. The standard InChI is InChI=1S/C13H14F2N2/c1-4-11-7(2)13(16-3)8-5-9(14)10(15)6-12(8)17-11/h5-6H,4H2,1-3H3,(H,16,17). The number of hydrogen-bond acceptors (Lipinski definition) is 2. The molecule has 0 unspecified atom stereocenters. The second-order valence-electron chi connectivity index (χ2n) is 3.95. The molecule has 0 aliphatic heterocycles. The molecule has 0 amide bonds. The molecule has 0 radical (unpaired) electrons. The summed E-state index contributed by atoms with van der Waals surface area (Å²) in [6.07, 6.45) is 0.759. The van der Waals surface area contributed by atoms with Gasteiger partial charge in [0.25, 0.3) is 0 Å². The van der Waals surface area contributed by atoms with Gasteiger partial charge in [-0.1, -0.05) is 6.92 Å². The molecule has 2 rings (SSSR count). The van der Waals surface area contributed by atoms with Gasteiger partial charge in [0, 0.05) is 29.9 Å². The molecule has 0 atom stereocenters. The van der Waals surface area contributed by atoms with Gasteiger partial charge in [0.05, 0.1) is 5.52 Å². The molecule has 0 fully saturated rings. The summed E-state index contributed by atoms with van der Waals surface area (Å²) < 4.78 is 26.4. The summed E-state index contributed by atoms with van der Waals surface area (Å²) in [5.41, 5.74) is 3.17. The molecule has 0 aliphatic rings. The molecule has 0 aliphatic carbocycles. The zero-order valence-corrected chi connectivity index (χ0v) is 10.1. The molecule has 0 saturated heterocycles. The lowest BCUT2D eigenvalue weighted by molar-refractivity contribution is 0.510. The van der Waals surface area contributed by atoms with E-state index in [0.29, 0.717) is 10.9 Å². The van der Waals surface area contributed by atoms with Gasteiger partial charge >= 0.3 is 0 Å². The summed E-state index contributed by atoms with van der Waals surface area (Å²) in [6.45, 7) is 3.92. The number of nitrogens with one attached hydrogen (secondary N) is 1. The van der Waals surface area contributed by atoms with Crippen LogP contribution in [0.1, 0.15) is 18.2 Å². The number of fused-ring (bicyclic) bond motifs is 1. The van der Waals surface area contributed by atoms with E-state index in [4.69, 9.17) is 0 Å². The zero-order chi connectivity index (χ0) is 12.6. The van der Waals surface area contributed by atoms with E-state index in [9.17, 15) is 8.78 Å². The van der Waals surface area contributed by atoms with E-state index >= 15 is 0 Å². The normalized spacial score (nSPS) is 10.9. The Bertz CT molecular complexity index is 579. The molecule has 2 nitrogen and oxygen atoms in total. The maximum absolute atomic E-state index is 13.2. The first-order chi connectivity index (χ1) is 8.08. The van der Waals surface area contributed by atoms with Gasteiger partial charge < -0.3 is 5.32 Å². The first-order valence-electron chi connectivity index (χ1n) is 5.54. The lowest BCUT2D eigenvalue weighted by Crippen LogP contribution is -2.01. The minimum Gasteiger partial charge on any atom is -0.387 e. The third kappa shape index (κ3) is 1.84. The number of benzene rings is 1. The van der Waals surface area contributed by atoms with Crippen LogP contribution in [0.25, 0.3) is 10.9 Å². The largest absolute Gasteiger partial charge is 0.387 e. The fourth-order valence-corrected chi connectivity index (χ4v) is 2.07. The fraction of sp³-hybridized carbons (Fsp3) is 0.308. The average molecular weight is 236 g/mol. The average Bonchev–Trinajstić information content (AvgIpc) is 2.31. The van der Waals surface area contributed by atoms with Gasteiger partial charge in [-0.3, -0.25) is 4.98 Å². The molecule has 1 aromatic carbocycles. The van der Waals surface area contributed by atoms with Crippen LogP contribution in [0.2, 0.25) is 0 Å². The van der Waals surface area contributed by atoms with Gasteiger partial charge in [-0.2, -0.15) is 0 Å². The van der Waals surface area contributed by atoms with Gasteiger partial charge in [-0.15, -0.1) is 0 Å². The predicted octanol–water partition coefficient (Wildman–Crippen LogP) is 3.43. The summed E-state index contributed by atoms with van der Waals surface area (Å²) in [6, 6.07) is 2.33. The Morgan fingerprint density at radius 2 is 1.88 bits per heavy atom. The van der Waals surface area contributed by atoms with Crippen molar-refractivity contribution in [1.82, 2.24) is 4.98 Å². The fourth-order valence-electron chi connectivity index (χ4n) is 2.07. The van der Waals surface area contributed by atoms with Crippen LogP contribution >= 0.6 is 0 Å². The van der Waals surface area contributed by atoms with E-state index in [1.54, 1.807) is 7.05 Å². The number of nitrogens with zero attached hydrogens (tertiary/aromatic N) is 1. The molecule has 0 bridgehead atoms. The molecule has 4 heteroatoms. The molecule has 90 valence electrons. The summed E-state index contributed by atoms with van der Waals surface area (Å²) in [7, 11) is 1.77. The van der Waals surface area contributed by atoms with Crippen molar-refractivity contribution in [1.29, 1.82) is 0 Å². The number of hydrogen-bond donors (Lipinski definition) is 1. The Labute approximate surface area is 98.7 Å². The van der Waals surface area contributed by atoms with Crippen LogP contribution in [-0.2, 0) is 6.42 Å². The second-order valence-corrected chi connectivity index (χ2v) is 3.95. The quantitative estimate of drug-likeness (QED) is 0.864. The molecule has 0 spiro atoms. The van der Waals surface area contributed by atoms with Gasteiger partial charge in [-0.25, -0.2) is 8.78 Å². The minimum absolute atomic E-state index is 0.482. The van der Waals surface area contributed by atoms with Gasteiger partial charge in [-0.05, 0) is 25.0 Å². The smallest absolute Gasteiger partial charge is 0.161 e. The summed E-state index contributed by atoms with van der Waals surface area (Å²) >= 11 is 0. The van der Waals surface area contributed by atoms with Crippen molar-refractivity contribution in [2.45, 2.75) is 20.3 Å². The Hall–Kier alpha value is -1.71. The molecule has 0 saturated carbocycles. The number of anilines is 1. The van der Waals surface area contributed by atoms with E-state index in [-0.39, 0.29) is 0 Å². The Kier molecular flexibility index (Phi) is 2.96. The van der Waals surface area contributed by atoms with Crippen LogP contribution in [-0.4, -0.2) is 12.0 Å². The third-order valence-electron chi connectivity index (χ3n) is 2.96. The first kappa shape index (κ1) is 11.8.